The summed E-state index contributed by atoms with van der Waals surface area (Å²) in [7, 11) is -2.56. The highest BCUT2D eigenvalue weighted by Crippen LogP contribution is 2.31. The van der Waals surface area contributed by atoms with E-state index in [-0.39, 0.29) is 27.9 Å². The average Bonchev–Trinajstić information content (AvgIpc) is 3.07. The summed E-state index contributed by atoms with van der Waals surface area (Å²) in [6.45, 7) is -0.00177. The summed E-state index contributed by atoms with van der Waals surface area (Å²) >= 11 is 14.0. The highest BCUT2D eigenvalue weighted by molar-refractivity contribution is 14.1. The van der Waals surface area contributed by atoms with Gasteiger partial charge in [-0.3, -0.25) is 4.79 Å². The Kier molecular flexibility index (Phi) is 6.70. The predicted octanol–water partition coefficient (Wildman–Crippen LogP) is 2.95. The van der Waals surface area contributed by atoms with Crippen molar-refractivity contribution in [2.45, 2.75) is 23.5 Å². The first-order valence-electron chi connectivity index (χ1n) is 8.18. The van der Waals surface area contributed by atoms with E-state index in [1.807, 2.05) is 6.07 Å². The van der Waals surface area contributed by atoms with Crippen LogP contribution in [0.25, 0.3) is 0 Å². The molecule has 1 saturated heterocycles. The van der Waals surface area contributed by atoms with E-state index < -0.39 is 28.1 Å². The molecule has 1 aromatic heterocycles. The zero-order chi connectivity index (χ0) is 20.5. The van der Waals surface area contributed by atoms with Gasteiger partial charge in [-0.25, -0.2) is 13.4 Å². The molecule has 28 heavy (non-hydrogen) atoms. The van der Waals surface area contributed by atoms with Crippen LogP contribution < -0.4 is 10.1 Å². The molecule has 0 bridgehead atoms. The molecule has 0 spiro atoms. The molecule has 1 fully saturated rings. The molecule has 0 saturated carbocycles. The first-order valence-corrected chi connectivity index (χ1v) is 11.5. The molecule has 0 aliphatic carbocycles. The van der Waals surface area contributed by atoms with E-state index in [4.69, 9.17) is 27.9 Å². The lowest BCUT2D eigenvalue weighted by molar-refractivity contribution is -0.123. The maximum absolute atomic E-state index is 13.2. The maximum atomic E-state index is 13.2. The van der Waals surface area contributed by atoms with Gasteiger partial charge in [0, 0.05) is 39.3 Å². The fraction of sp³-hybridized carbons (Fsp3) is 0.294. The standard InChI is InChI=1S/C17H16Cl2IN3O4S/c1-21-17(24)15-7-13(27-16-3-2-12(20)8-22-16)9-23(15)28(25,26)14-5-10(18)4-11(19)6-14/h2-6,8,13,15H,7,9H2,1H3,(H,21,24)/t13-,15+/m1/s1. The number of likely N-dealkylation sites (N-methyl/N-ethyl adjacent to an activating group) is 1. The minimum absolute atomic E-state index is 0.00177. The third kappa shape index (κ3) is 4.70. The SMILES string of the molecule is CNC(=O)[C@@H]1C[C@@H](Oc2ccc(I)cn2)CN1S(=O)(=O)c1cc(Cl)cc(Cl)c1. The Morgan fingerprint density at radius 3 is 2.54 bits per heavy atom. The molecular formula is C17H16Cl2IN3O4S. The lowest BCUT2D eigenvalue weighted by Crippen LogP contribution is -2.44. The molecule has 2 atom stereocenters. The van der Waals surface area contributed by atoms with Crippen LogP contribution in [0, 0.1) is 3.57 Å². The van der Waals surface area contributed by atoms with Gasteiger partial charge in [0.1, 0.15) is 12.1 Å². The van der Waals surface area contributed by atoms with Crippen molar-refractivity contribution < 1.29 is 17.9 Å². The van der Waals surface area contributed by atoms with E-state index in [1.54, 1.807) is 12.3 Å². The number of pyridine rings is 1. The molecule has 1 aliphatic rings. The van der Waals surface area contributed by atoms with E-state index in [0.29, 0.717) is 5.88 Å². The van der Waals surface area contributed by atoms with Crippen molar-refractivity contribution in [3.8, 4) is 5.88 Å². The second-order valence-electron chi connectivity index (χ2n) is 6.10. The second kappa shape index (κ2) is 8.70. The number of ether oxygens (including phenoxy) is 1. The van der Waals surface area contributed by atoms with Crippen LogP contribution in [0.15, 0.2) is 41.4 Å². The molecular weight excluding hydrogens is 540 g/mol. The van der Waals surface area contributed by atoms with Gasteiger partial charge in [0.05, 0.1) is 11.4 Å². The number of halogens is 3. The van der Waals surface area contributed by atoms with Gasteiger partial charge in [-0.15, -0.1) is 0 Å². The van der Waals surface area contributed by atoms with Crippen molar-refractivity contribution in [3.05, 3.63) is 50.1 Å². The Morgan fingerprint density at radius 1 is 1.29 bits per heavy atom. The van der Waals surface area contributed by atoms with Gasteiger partial charge < -0.3 is 10.1 Å². The third-order valence-electron chi connectivity index (χ3n) is 4.20. The molecule has 2 aromatic rings. The largest absolute Gasteiger partial charge is 0.473 e. The van der Waals surface area contributed by atoms with Crippen molar-refractivity contribution in [1.29, 1.82) is 0 Å². The van der Waals surface area contributed by atoms with Crippen LogP contribution in [0.1, 0.15) is 6.42 Å². The fourth-order valence-corrected chi connectivity index (χ4v) is 5.62. The van der Waals surface area contributed by atoms with Gasteiger partial charge in [0.25, 0.3) is 0 Å². The van der Waals surface area contributed by atoms with Gasteiger partial charge in [0.2, 0.25) is 21.8 Å². The Morgan fingerprint density at radius 2 is 1.96 bits per heavy atom. The minimum Gasteiger partial charge on any atom is -0.473 e. The monoisotopic (exact) mass is 555 g/mol. The highest BCUT2D eigenvalue weighted by atomic mass is 127. The van der Waals surface area contributed by atoms with Gasteiger partial charge in [-0.05, 0) is 46.9 Å². The first kappa shape index (κ1) is 21.6. The fourth-order valence-electron chi connectivity index (χ4n) is 2.94. The van der Waals surface area contributed by atoms with Gasteiger partial charge in [-0.1, -0.05) is 23.2 Å². The molecule has 3 rings (SSSR count). The zero-order valence-electron chi connectivity index (χ0n) is 14.6. The summed E-state index contributed by atoms with van der Waals surface area (Å²) in [6.07, 6.45) is 1.31. The van der Waals surface area contributed by atoms with E-state index in [0.717, 1.165) is 7.88 Å². The zero-order valence-corrected chi connectivity index (χ0v) is 19.1. The van der Waals surface area contributed by atoms with Crippen molar-refractivity contribution in [1.82, 2.24) is 14.6 Å². The Hall–Kier alpha value is -1.14. The number of aromatic nitrogens is 1. The number of nitrogens with one attached hydrogen (secondary N) is 1. The Bertz CT molecular complexity index is 968. The van der Waals surface area contributed by atoms with Crippen LogP contribution >= 0.6 is 45.8 Å². The van der Waals surface area contributed by atoms with Crippen molar-refractivity contribution >= 4 is 61.7 Å². The van der Waals surface area contributed by atoms with Crippen LogP contribution in [-0.4, -0.2) is 49.4 Å². The molecule has 1 N–H and O–H groups in total. The van der Waals surface area contributed by atoms with Crippen LogP contribution in [0.3, 0.4) is 0 Å². The van der Waals surface area contributed by atoms with Crippen molar-refractivity contribution in [3.63, 3.8) is 0 Å². The van der Waals surface area contributed by atoms with Crippen LogP contribution in [0.2, 0.25) is 10.0 Å². The third-order valence-corrected chi connectivity index (χ3v) is 7.12. The number of carbonyl (C=O) groups excluding carboxylic acids is 1. The van der Waals surface area contributed by atoms with Crippen molar-refractivity contribution in [2.75, 3.05) is 13.6 Å². The van der Waals surface area contributed by atoms with Crippen LogP contribution in [0.5, 0.6) is 5.88 Å². The van der Waals surface area contributed by atoms with Gasteiger partial charge >= 0.3 is 0 Å². The van der Waals surface area contributed by atoms with E-state index in [1.165, 1.54) is 25.2 Å². The predicted molar refractivity (Wildman–Crippen MR) is 114 cm³/mol. The van der Waals surface area contributed by atoms with E-state index >= 15 is 0 Å². The molecule has 1 amide bonds. The summed E-state index contributed by atoms with van der Waals surface area (Å²) in [4.78, 5) is 16.4. The normalized spacial score (nSPS) is 20.1. The van der Waals surface area contributed by atoms with Gasteiger partial charge in [-0.2, -0.15) is 4.31 Å². The molecule has 7 nitrogen and oxygen atoms in total. The topological polar surface area (TPSA) is 88.6 Å². The minimum atomic E-state index is -4.02. The van der Waals surface area contributed by atoms with Crippen molar-refractivity contribution in [2.24, 2.45) is 0 Å². The molecule has 2 heterocycles. The number of rotatable bonds is 5. The number of hydrogen-bond donors (Lipinski definition) is 1. The number of nitrogens with zero attached hydrogens (tertiary/aromatic N) is 2. The summed E-state index contributed by atoms with van der Waals surface area (Å²) in [5.74, 6) is -0.0514. The van der Waals surface area contributed by atoms with E-state index in [9.17, 15) is 13.2 Å². The quantitative estimate of drug-likeness (QED) is 0.573. The lowest BCUT2D eigenvalue weighted by Gasteiger charge is -2.22. The maximum Gasteiger partial charge on any atom is 0.244 e. The summed E-state index contributed by atoms with van der Waals surface area (Å²) in [5, 5.41) is 2.89. The second-order valence-corrected chi connectivity index (χ2v) is 10.1. The summed E-state index contributed by atoms with van der Waals surface area (Å²) in [5.41, 5.74) is 0. The number of benzene rings is 1. The van der Waals surface area contributed by atoms with E-state index in [2.05, 4.69) is 32.9 Å². The lowest BCUT2D eigenvalue weighted by atomic mass is 10.2. The smallest absolute Gasteiger partial charge is 0.244 e. The Labute approximate surface area is 186 Å². The Balaban J connectivity index is 1.90. The molecule has 11 heteroatoms. The molecule has 0 radical (unpaired) electrons. The molecule has 1 aromatic carbocycles. The summed E-state index contributed by atoms with van der Waals surface area (Å²) in [6, 6.07) is 6.66. The summed E-state index contributed by atoms with van der Waals surface area (Å²) < 4.78 is 34.2. The first-order chi connectivity index (χ1) is 13.2. The molecule has 150 valence electrons. The number of carbonyl (C=O) groups is 1. The van der Waals surface area contributed by atoms with Crippen LogP contribution in [0.4, 0.5) is 0 Å². The number of sulfonamides is 1. The van der Waals surface area contributed by atoms with Crippen LogP contribution in [-0.2, 0) is 14.8 Å². The molecule has 0 unspecified atom stereocenters. The number of amides is 1. The number of hydrogen-bond acceptors (Lipinski definition) is 5. The highest BCUT2D eigenvalue weighted by Gasteiger charge is 2.45. The average molecular weight is 556 g/mol. The van der Waals surface area contributed by atoms with Gasteiger partial charge in [0.15, 0.2) is 0 Å². The molecule has 1 aliphatic heterocycles.